The zero-order valence-electron chi connectivity index (χ0n) is 10.0. The molecule has 2 atom stereocenters. The van der Waals surface area contributed by atoms with Gasteiger partial charge in [0.1, 0.15) is 6.04 Å². The molecule has 8 nitrogen and oxygen atoms in total. The Morgan fingerprint density at radius 1 is 1.44 bits per heavy atom. The maximum absolute atomic E-state index is 11.8. The van der Waals surface area contributed by atoms with Crippen molar-refractivity contribution in [2.45, 2.75) is 24.9 Å². The van der Waals surface area contributed by atoms with Crippen LogP contribution in [0.5, 0.6) is 0 Å². The van der Waals surface area contributed by atoms with E-state index in [0.29, 0.717) is 19.4 Å². The summed E-state index contributed by atoms with van der Waals surface area (Å²) in [6.07, 6.45) is 1.23. The number of hydrogen-bond donors (Lipinski definition) is 4. The van der Waals surface area contributed by atoms with Crippen LogP contribution in [0.4, 0.5) is 4.79 Å². The van der Waals surface area contributed by atoms with Gasteiger partial charge in [0.25, 0.3) is 0 Å². The predicted molar refractivity (Wildman–Crippen MR) is 60.8 cm³/mol. The van der Waals surface area contributed by atoms with Gasteiger partial charge in [-0.15, -0.1) is 0 Å². The second-order valence-electron chi connectivity index (χ2n) is 3.99. The molecule has 1 saturated heterocycles. The summed E-state index contributed by atoms with van der Waals surface area (Å²) in [5.41, 5.74) is 0. The Labute approximate surface area is 104 Å². The maximum Gasteiger partial charge on any atom is 0.328 e. The first kappa shape index (κ1) is 14.2. The van der Waals surface area contributed by atoms with Crippen LogP contribution in [0.25, 0.3) is 0 Å². The summed E-state index contributed by atoms with van der Waals surface area (Å²) in [5, 5.41) is 22.2. The summed E-state index contributed by atoms with van der Waals surface area (Å²) in [6.45, 7) is -0.304. The highest BCUT2D eigenvalue weighted by Gasteiger charge is 2.34. The zero-order chi connectivity index (χ0) is 13.7. The molecule has 8 heteroatoms. The third kappa shape index (κ3) is 3.10. The van der Waals surface area contributed by atoms with Crippen molar-refractivity contribution in [1.29, 1.82) is 0 Å². The van der Waals surface area contributed by atoms with Crippen LogP contribution in [-0.2, 0) is 9.59 Å². The third-order valence-electron chi connectivity index (χ3n) is 2.84. The zero-order valence-corrected chi connectivity index (χ0v) is 10.0. The van der Waals surface area contributed by atoms with Crippen molar-refractivity contribution in [2.75, 3.05) is 20.2 Å². The lowest BCUT2D eigenvalue weighted by atomic mass is 10.2. The number of carbonyl (C=O) groups excluding carboxylic acids is 2. The van der Waals surface area contributed by atoms with Gasteiger partial charge in [0.2, 0.25) is 5.91 Å². The number of aliphatic hydroxyl groups excluding tert-OH is 1. The van der Waals surface area contributed by atoms with Crippen molar-refractivity contribution in [3.8, 4) is 0 Å². The van der Waals surface area contributed by atoms with E-state index in [1.165, 1.54) is 11.9 Å². The number of aliphatic hydroxyl groups is 1. The van der Waals surface area contributed by atoms with Crippen LogP contribution in [0.1, 0.15) is 12.8 Å². The molecule has 1 rings (SSSR count). The van der Waals surface area contributed by atoms with Gasteiger partial charge in [0.15, 0.2) is 6.04 Å². The molecule has 0 bridgehead atoms. The summed E-state index contributed by atoms with van der Waals surface area (Å²) in [6, 6.07) is -2.59. The number of hydrogen-bond acceptors (Lipinski definition) is 4. The lowest BCUT2D eigenvalue weighted by Gasteiger charge is -2.25. The molecule has 0 aromatic carbocycles. The van der Waals surface area contributed by atoms with Crippen LogP contribution in [0.15, 0.2) is 0 Å². The Morgan fingerprint density at radius 2 is 2.11 bits per heavy atom. The number of nitrogens with zero attached hydrogens (tertiary/aromatic N) is 1. The molecular formula is C10H17N3O5. The van der Waals surface area contributed by atoms with Crippen molar-refractivity contribution in [3.63, 3.8) is 0 Å². The van der Waals surface area contributed by atoms with E-state index in [-0.39, 0.29) is 5.91 Å². The van der Waals surface area contributed by atoms with Gasteiger partial charge in [-0.3, -0.25) is 4.79 Å². The molecular weight excluding hydrogens is 242 g/mol. The molecule has 1 aliphatic rings. The van der Waals surface area contributed by atoms with E-state index in [4.69, 9.17) is 10.2 Å². The average Bonchev–Trinajstić information content (AvgIpc) is 2.83. The monoisotopic (exact) mass is 259 g/mol. The Balaban J connectivity index is 2.65. The lowest BCUT2D eigenvalue weighted by molar-refractivity contribution is -0.140. The van der Waals surface area contributed by atoms with E-state index in [9.17, 15) is 14.4 Å². The molecule has 0 saturated carbocycles. The number of likely N-dealkylation sites (tertiary alicyclic amines) is 1. The summed E-state index contributed by atoms with van der Waals surface area (Å²) in [5.74, 6) is -1.60. The minimum absolute atomic E-state index is 0.279. The van der Waals surface area contributed by atoms with E-state index >= 15 is 0 Å². The summed E-state index contributed by atoms with van der Waals surface area (Å²) in [7, 11) is 1.48. The van der Waals surface area contributed by atoms with E-state index in [1.807, 2.05) is 0 Å². The number of aliphatic carboxylic acids is 1. The average molecular weight is 259 g/mol. The number of carbonyl (C=O) groups is 3. The molecule has 1 heterocycles. The largest absolute Gasteiger partial charge is 0.480 e. The van der Waals surface area contributed by atoms with Crippen molar-refractivity contribution in [1.82, 2.24) is 15.5 Å². The second-order valence-corrected chi connectivity index (χ2v) is 3.99. The summed E-state index contributed by atoms with van der Waals surface area (Å²) >= 11 is 0. The van der Waals surface area contributed by atoms with Crippen molar-refractivity contribution in [3.05, 3.63) is 0 Å². The number of nitrogens with one attached hydrogen (secondary N) is 2. The Kier molecular flexibility index (Phi) is 4.90. The molecule has 18 heavy (non-hydrogen) atoms. The Bertz CT molecular complexity index is 346. The number of amides is 3. The van der Waals surface area contributed by atoms with Crippen LogP contribution in [0, 0.1) is 0 Å². The molecule has 102 valence electrons. The van der Waals surface area contributed by atoms with Gasteiger partial charge in [0, 0.05) is 13.6 Å². The normalized spacial score (nSPS) is 20.3. The highest BCUT2D eigenvalue weighted by molar-refractivity contribution is 5.89. The van der Waals surface area contributed by atoms with E-state index in [2.05, 4.69) is 10.6 Å². The van der Waals surface area contributed by atoms with Gasteiger partial charge in [0.05, 0.1) is 6.61 Å². The highest BCUT2D eigenvalue weighted by Crippen LogP contribution is 2.17. The van der Waals surface area contributed by atoms with Crippen LogP contribution >= 0.6 is 0 Å². The standard InChI is InChI=1S/C10H17N3O5/c1-11-8(15)7-3-2-4-13(7)10(18)12-6(5-14)9(16)17/h6-7,14H,2-5H2,1H3,(H,11,15)(H,12,18)(H,16,17)/t6-,7?/m0/s1. The summed E-state index contributed by atoms with van der Waals surface area (Å²) in [4.78, 5) is 35.3. The summed E-state index contributed by atoms with van der Waals surface area (Å²) < 4.78 is 0. The number of likely N-dealkylation sites (N-methyl/N-ethyl adjacent to an activating group) is 1. The van der Waals surface area contributed by atoms with E-state index in [1.54, 1.807) is 0 Å². The molecule has 0 aliphatic carbocycles. The predicted octanol–water partition coefficient (Wildman–Crippen LogP) is -1.65. The Hall–Kier alpha value is -1.83. The van der Waals surface area contributed by atoms with E-state index in [0.717, 1.165) is 0 Å². The van der Waals surface area contributed by atoms with Gasteiger partial charge in [-0.1, -0.05) is 0 Å². The SMILES string of the molecule is CNC(=O)C1CCCN1C(=O)N[C@@H](CO)C(=O)O. The third-order valence-corrected chi connectivity index (χ3v) is 2.84. The second kappa shape index (κ2) is 6.20. The van der Waals surface area contributed by atoms with Crippen LogP contribution < -0.4 is 10.6 Å². The molecule has 1 unspecified atom stereocenters. The first-order valence-electron chi connectivity index (χ1n) is 5.63. The number of carboxylic acid groups (broad SMARTS) is 1. The fourth-order valence-electron chi connectivity index (χ4n) is 1.87. The molecule has 1 fully saturated rings. The van der Waals surface area contributed by atoms with Crippen LogP contribution in [-0.4, -0.2) is 65.3 Å². The van der Waals surface area contributed by atoms with Gasteiger partial charge >= 0.3 is 12.0 Å². The molecule has 0 radical (unpaired) electrons. The van der Waals surface area contributed by atoms with Gasteiger partial charge in [-0.05, 0) is 12.8 Å². The molecule has 4 N–H and O–H groups in total. The van der Waals surface area contributed by atoms with Crippen molar-refractivity contribution >= 4 is 17.9 Å². The van der Waals surface area contributed by atoms with Crippen molar-refractivity contribution in [2.24, 2.45) is 0 Å². The Morgan fingerprint density at radius 3 is 2.61 bits per heavy atom. The molecule has 0 spiro atoms. The lowest BCUT2D eigenvalue weighted by Crippen LogP contribution is -2.53. The topological polar surface area (TPSA) is 119 Å². The van der Waals surface area contributed by atoms with Gasteiger partial charge < -0.3 is 25.7 Å². The van der Waals surface area contributed by atoms with Gasteiger partial charge in [-0.25, -0.2) is 9.59 Å². The fourth-order valence-corrected chi connectivity index (χ4v) is 1.87. The maximum atomic E-state index is 11.8. The highest BCUT2D eigenvalue weighted by atomic mass is 16.4. The van der Waals surface area contributed by atoms with E-state index < -0.39 is 30.7 Å². The van der Waals surface area contributed by atoms with Crippen molar-refractivity contribution < 1.29 is 24.6 Å². The molecule has 0 aromatic heterocycles. The quantitative estimate of drug-likeness (QED) is 0.482. The van der Waals surface area contributed by atoms with Gasteiger partial charge in [-0.2, -0.15) is 0 Å². The molecule has 3 amide bonds. The molecule has 1 aliphatic heterocycles. The fraction of sp³-hybridized carbons (Fsp3) is 0.700. The van der Waals surface area contributed by atoms with Crippen LogP contribution in [0.3, 0.4) is 0 Å². The minimum atomic E-state index is -1.36. The molecule has 0 aromatic rings. The first-order chi connectivity index (χ1) is 8.51. The smallest absolute Gasteiger partial charge is 0.328 e. The number of carboxylic acids is 1. The minimum Gasteiger partial charge on any atom is -0.480 e. The number of urea groups is 1. The van der Waals surface area contributed by atoms with Crippen LogP contribution in [0.2, 0.25) is 0 Å². The number of rotatable bonds is 4. The first-order valence-corrected chi connectivity index (χ1v) is 5.63.